The van der Waals surface area contributed by atoms with Crippen LogP contribution in [0.2, 0.25) is 0 Å². The molecule has 0 spiro atoms. The Balaban J connectivity index is 1.78. The second-order valence-electron chi connectivity index (χ2n) is 8.28. The monoisotopic (exact) mass is 464 g/mol. The Hall–Kier alpha value is -3.37. The van der Waals surface area contributed by atoms with Crippen LogP contribution in [0, 0.1) is 6.92 Å². The SMILES string of the molecule is Cc1cc(S(C)(=O)=O)ncc1-c1cc(N2CCOCC2C)nc2c(-c3ccn[nH]3)nccc12. The fourth-order valence-electron chi connectivity index (χ4n) is 4.18. The molecular formula is C23H24N6O3S. The van der Waals surface area contributed by atoms with Crippen LogP contribution in [0.1, 0.15) is 12.5 Å². The molecule has 1 aliphatic rings. The number of ether oxygens (including phenoxy) is 1. The number of morpholine rings is 1. The molecule has 170 valence electrons. The summed E-state index contributed by atoms with van der Waals surface area (Å²) in [5, 5.41) is 8.01. The van der Waals surface area contributed by atoms with Gasteiger partial charge in [-0.1, -0.05) is 0 Å². The van der Waals surface area contributed by atoms with E-state index in [1.807, 2.05) is 25.1 Å². The van der Waals surface area contributed by atoms with E-state index in [-0.39, 0.29) is 11.1 Å². The van der Waals surface area contributed by atoms with Crippen molar-refractivity contribution in [2.45, 2.75) is 24.9 Å². The maximum absolute atomic E-state index is 12.0. The van der Waals surface area contributed by atoms with Gasteiger partial charge in [-0.2, -0.15) is 5.10 Å². The first-order valence-corrected chi connectivity index (χ1v) is 12.5. The number of aromatic amines is 1. The van der Waals surface area contributed by atoms with Crippen LogP contribution in [0.4, 0.5) is 5.82 Å². The number of anilines is 1. The number of rotatable bonds is 4. The molecule has 1 saturated heterocycles. The number of sulfone groups is 1. The van der Waals surface area contributed by atoms with Gasteiger partial charge in [-0.25, -0.2) is 18.4 Å². The molecule has 0 aromatic carbocycles. The highest BCUT2D eigenvalue weighted by Gasteiger charge is 2.24. The number of hydrogen-bond donors (Lipinski definition) is 1. The van der Waals surface area contributed by atoms with Crippen molar-refractivity contribution >= 4 is 26.6 Å². The second kappa shape index (κ2) is 8.20. The van der Waals surface area contributed by atoms with Crippen LogP contribution >= 0.6 is 0 Å². The van der Waals surface area contributed by atoms with Crippen LogP contribution in [-0.2, 0) is 14.6 Å². The summed E-state index contributed by atoms with van der Waals surface area (Å²) in [6.07, 6.45) is 6.22. The molecule has 1 unspecified atom stereocenters. The van der Waals surface area contributed by atoms with Gasteiger partial charge in [0, 0.05) is 42.3 Å². The molecule has 1 aliphatic heterocycles. The number of fused-ring (bicyclic) bond motifs is 1. The second-order valence-corrected chi connectivity index (χ2v) is 10.2. The van der Waals surface area contributed by atoms with E-state index in [0.717, 1.165) is 51.9 Å². The van der Waals surface area contributed by atoms with Gasteiger partial charge in [-0.05, 0) is 49.2 Å². The van der Waals surface area contributed by atoms with E-state index < -0.39 is 9.84 Å². The summed E-state index contributed by atoms with van der Waals surface area (Å²) in [5.74, 6) is 0.814. The van der Waals surface area contributed by atoms with Crippen LogP contribution in [0.25, 0.3) is 33.4 Å². The van der Waals surface area contributed by atoms with Crippen molar-refractivity contribution in [2.24, 2.45) is 0 Å². The first-order valence-electron chi connectivity index (χ1n) is 10.6. The van der Waals surface area contributed by atoms with Gasteiger partial charge in [0.05, 0.1) is 24.9 Å². The molecule has 5 rings (SSSR count). The number of H-pyrrole nitrogens is 1. The van der Waals surface area contributed by atoms with Gasteiger partial charge in [-0.15, -0.1) is 0 Å². The molecule has 0 radical (unpaired) electrons. The molecule has 0 aliphatic carbocycles. The fourth-order valence-corrected chi connectivity index (χ4v) is 4.81. The van der Waals surface area contributed by atoms with E-state index in [0.29, 0.717) is 18.9 Å². The lowest BCUT2D eigenvalue weighted by Gasteiger charge is -2.34. The number of hydrogen-bond acceptors (Lipinski definition) is 8. The third-order valence-corrected chi connectivity index (χ3v) is 6.87. The number of aromatic nitrogens is 5. The molecule has 4 aromatic heterocycles. The molecule has 1 atom stereocenters. The maximum atomic E-state index is 12.0. The summed E-state index contributed by atoms with van der Waals surface area (Å²) < 4.78 is 29.6. The highest BCUT2D eigenvalue weighted by Crippen LogP contribution is 2.36. The average Bonchev–Trinajstić information content (AvgIpc) is 3.32. The number of nitrogens with zero attached hydrogens (tertiary/aromatic N) is 5. The molecule has 0 saturated carbocycles. The predicted octanol–water partition coefficient (Wildman–Crippen LogP) is 3.02. The largest absolute Gasteiger partial charge is 0.377 e. The predicted molar refractivity (Wildman–Crippen MR) is 126 cm³/mol. The Morgan fingerprint density at radius 3 is 2.70 bits per heavy atom. The van der Waals surface area contributed by atoms with Gasteiger partial charge in [0.25, 0.3) is 0 Å². The zero-order valence-electron chi connectivity index (χ0n) is 18.6. The highest BCUT2D eigenvalue weighted by molar-refractivity contribution is 7.90. The molecular weight excluding hydrogens is 440 g/mol. The van der Waals surface area contributed by atoms with Gasteiger partial charge in [0.2, 0.25) is 0 Å². The summed E-state index contributed by atoms with van der Waals surface area (Å²) >= 11 is 0. The van der Waals surface area contributed by atoms with E-state index in [2.05, 4.69) is 32.0 Å². The Morgan fingerprint density at radius 1 is 1.15 bits per heavy atom. The van der Waals surface area contributed by atoms with E-state index in [1.54, 1.807) is 24.7 Å². The van der Waals surface area contributed by atoms with Crippen molar-refractivity contribution in [1.82, 2.24) is 25.1 Å². The summed E-state index contributed by atoms with van der Waals surface area (Å²) in [5.41, 5.74) is 4.79. The summed E-state index contributed by atoms with van der Waals surface area (Å²) in [6.45, 7) is 5.98. The lowest BCUT2D eigenvalue weighted by Crippen LogP contribution is -2.44. The fraction of sp³-hybridized carbons (Fsp3) is 0.304. The van der Waals surface area contributed by atoms with Gasteiger partial charge in [-0.3, -0.25) is 10.1 Å². The Labute approximate surface area is 191 Å². The first-order chi connectivity index (χ1) is 15.8. The lowest BCUT2D eigenvalue weighted by molar-refractivity contribution is 0.0986. The zero-order valence-corrected chi connectivity index (χ0v) is 19.4. The van der Waals surface area contributed by atoms with E-state index in [1.165, 1.54) is 0 Å². The molecule has 1 N–H and O–H groups in total. The Bertz CT molecular complexity index is 1440. The normalized spacial score (nSPS) is 16.9. The molecule has 1 fully saturated rings. The minimum atomic E-state index is -3.40. The van der Waals surface area contributed by atoms with Crippen molar-refractivity contribution in [3.05, 3.63) is 48.4 Å². The topological polar surface area (TPSA) is 114 Å². The molecule has 10 heteroatoms. The maximum Gasteiger partial charge on any atom is 0.192 e. The highest BCUT2D eigenvalue weighted by atomic mass is 32.2. The van der Waals surface area contributed by atoms with E-state index in [9.17, 15) is 8.42 Å². The molecule has 4 aromatic rings. The van der Waals surface area contributed by atoms with Crippen LogP contribution in [0.5, 0.6) is 0 Å². The number of aryl methyl sites for hydroxylation is 1. The third kappa shape index (κ3) is 3.96. The van der Waals surface area contributed by atoms with Crippen LogP contribution in [-0.4, -0.2) is 65.6 Å². The number of nitrogens with one attached hydrogen (secondary N) is 1. The van der Waals surface area contributed by atoms with E-state index in [4.69, 9.17) is 9.72 Å². The standard InChI is InChI=1S/C23H24N6O3S/c1-14-10-21(33(3,30)31)25-12-18(14)17-11-20(29-8-9-32-13-15(29)2)27-22-16(17)4-6-24-23(22)19-5-7-26-28-19/h4-7,10-12,15H,8-9,13H2,1-3H3,(H,26,28). The summed E-state index contributed by atoms with van der Waals surface area (Å²) in [7, 11) is -3.40. The number of pyridine rings is 3. The van der Waals surface area contributed by atoms with Crippen molar-refractivity contribution in [3.8, 4) is 22.5 Å². The van der Waals surface area contributed by atoms with Gasteiger partial charge >= 0.3 is 0 Å². The summed E-state index contributed by atoms with van der Waals surface area (Å²) in [4.78, 5) is 16.1. The zero-order chi connectivity index (χ0) is 23.2. The Kier molecular flexibility index (Phi) is 5.34. The van der Waals surface area contributed by atoms with Crippen molar-refractivity contribution in [3.63, 3.8) is 0 Å². The minimum absolute atomic E-state index is 0.0592. The Morgan fingerprint density at radius 2 is 2.00 bits per heavy atom. The molecule has 9 nitrogen and oxygen atoms in total. The van der Waals surface area contributed by atoms with Gasteiger partial charge in [0.15, 0.2) is 14.9 Å². The minimum Gasteiger partial charge on any atom is -0.377 e. The van der Waals surface area contributed by atoms with Crippen LogP contribution in [0.15, 0.2) is 47.9 Å². The van der Waals surface area contributed by atoms with Gasteiger partial charge < -0.3 is 9.64 Å². The average molecular weight is 465 g/mol. The van der Waals surface area contributed by atoms with Crippen molar-refractivity contribution in [2.75, 3.05) is 30.9 Å². The molecule has 5 heterocycles. The first kappa shape index (κ1) is 21.5. The van der Waals surface area contributed by atoms with E-state index >= 15 is 0 Å². The van der Waals surface area contributed by atoms with Crippen LogP contribution in [0.3, 0.4) is 0 Å². The molecule has 0 bridgehead atoms. The van der Waals surface area contributed by atoms with Gasteiger partial charge in [0.1, 0.15) is 17.0 Å². The molecule has 0 amide bonds. The quantitative estimate of drug-likeness (QED) is 0.490. The van der Waals surface area contributed by atoms with Crippen LogP contribution < -0.4 is 4.90 Å². The van der Waals surface area contributed by atoms with Crippen molar-refractivity contribution in [1.29, 1.82) is 0 Å². The summed E-state index contributed by atoms with van der Waals surface area (Å²) in [6, 6.07) is 7.61. The third-order valence-electron chi connectivity index (χ3n) is 5.89. The molecule has 33 heavy (non-hydrogen) atoms. The lowest BCUT2D eigenvalue weighted by atomic mass is 9.98. The smallest absolute Gasteiger partial charge is 0.192 e. The van der Waals surface area contributed by atoms with Crippen molar-refractivity contribution < 1.29 is 13.2 Å².